The molecule has 0 saturated heterocycles. The van der Waals surface area contributed by atoms with Crippen molar-refractivity contribution in [3.63, 3.8) is 0 Å². The van der Waals surface area contributed by atoms with Crippen LogP contribution in [-0.2, 0) is 29.8 Å². The maximum absolute atomic E-state index is 12.7. The highest BCUT2D eigenvalue weighted by atomic mass is 32.2. The number of nitrogens with zero attached hydrogens (tertiary/aromatic N) is 1. The Morgan fingerprint density at radius 2 is 2.04 bits per heavy atom. The van der Waals surface area contributed by atoms with Gasteiger partial charge in [0.15, 0.2) is 0 Å². The van der Waals surface area contributed by atoms with Gasteiger partial charge < -0.3 is 14.9 Å². The van der Waals surface area contributed by atoms with Gasteiger partial charge in [-0.05, 0) is 37.7 Å². The van der Waals surface area contributed by atoms with E-state index in [1.54, 1.807) is 0 Å². The molecule has 2 N–H and O–H groups in total. The van der Waals surface area contributed by atoms with E-state index in [4.69, 9.17) is 0 Å². The van der Waals surface area contributed by atoms with E-state index < -0.39 is 11.2 Å². The van der Waals surface area contributed by atoms with Gasteiger partial charge in [0.1, 0.15) is 5.75 Å². The normalized spacial score (nSPS) is 15.5. The number of hydrogen-bond acceptors (Lipinski definition) is 3. The minimum atomic E-state index is -1.13. The van der Waals surface area contributed by atoms with Gasteiger partial charge in [0, 0.05) is 34.7 Å². The molecule has 3 rings (SSSR count). The molecule has 0 radical (unpaired) electrons. The first-order chi connectivity index (χ1) is 11.1. The summed E-state index contributed by atoms with van der Waals surface area (Å²) in [5.74, 6) is 1.07. The summed E-state index contributed by atoms with van der Waals surface area (Å²) in [5, 5.41) is 4.09. The van der Waals surface area contributed by atoms with Crippen molar-refractivity contribution in [3.8, 4) is 0 Å². The zero-order valence-electron chi connectivity index (χ0n) is 13.9. The summed E-state index contributed by atoms with van der Waals surface area (Å²) in [7, 11) is 0. The molecule has 1 aromatic carbocycles. The lowest BCUT2D eigenvalue weighted by Crippen LogP contribution is -2.12. The van der Waals surface area contributed by atoms with Crippen LogP contribution >= 0.6 is 0 Å². The molecule has 124 valence electrons. The van der Waals surface area contributed by atoms with Gasteiger partial charge in [0.2, 0.25) is 0 Å². The highest BCUT2D eigenvalue weighted by Crippen LogP contribution is 2.24. The van der Waals surface area contributed by atoms with Crippen LogP contribution in [0.25, 0.3) is 0 Å². The molecule has 23 heavy (non-hydrogen) atoms. The predicted molar refractivity (Wildman–Crippen MR) is 95.1 cm³/mol. The van der Waals surface area contributed by atoms with Gasteiger partial charge in [0.05, 0.1) is 5.69 Å². The summed E-state index contributed by atoms with van der Waals surface area (Å²) in [4.78, 5) is 7.87. The molecule has 2 aromatic rings. The number of H-pyrrole nitrogens is 1. The molecule has 0 spiro atoms. The molecule has 0 fully saturated rings. The number of imidazole rings is 1. The van der Waals surface area contributed by atoms with Crippen LogP contribution in [0.15, 0.2) is 29.4 Å². The summed E-state index contributed by atoms with van der Waals surface area (Å²) in [6.07, 6.45) is 4.43. The molecule has 0 amide bonds. The van der Waals surface area contributed by atoms with E-state index in [2.05, 4.69) is 35.2 Å². The van der Waals surface area contributed by atoms with Crippen molar-refractivity contribution in [2.45, 2.75) is 50.4 Å². The largest absolute Gasteiger partial charge is 0.609 e. The van der Waals surface area contributed by atoms with Crippen LogP contribution in [0.1, 0.15) is 43.6 Å². The van der Waals surface area contributed by atoms with Crippen LogP contribution in [0.3, 0.4) is 0 Å². The molecule has 0 bridgehead atoms. The Labute approximate surface area is 141 Å². The molecular formula is C18H25N3OS. The number of aromatic nitrogens is 2. The second kappa shape index (κ2) is 7.41. The Morgan fingerprint density at radius 3 is 2.83 bits per heavy atom. The first-order valence-electron chi connectivity index (χ1n) is 8.41. The van der Waals surface area contributed by atoms with E-state index in [1.807, 2.05) is 18.2 Å². The maximum atomic E-state index is 12.7. The van der Waals surface area contributed by atoms with Crippen molar-refractivity contribution in [2.75, 3.05) is 11.9 Å². The number of aryl methyl sites for hydroxylation is 2. The standard InChI is InChI=1S/C18H25N3OS/c1-13(2)11-19-15-8-4-3-7-14(15)12-23(22)18-20-16-9-5-6-10-17(16)21-18/h3-4,7-8,13,19H,5-6,9-12H2,1-2H3,(H,20,21). The van der Waals surface area contributed by atoms with Gasteiger partial charge in [-0.25, -0.2) is 0 Å². The third-order valence-electron chi connectivity index (χ3n) is 4.15. The van der Waals surface area contributed by atoms with Crippen molar-refractivity contribution in [1.82, 2.24) is 9.97 Å². The minimum absolute atomic E-state index is 0.494. The van der Waals surface area contributed by atoms with E-state index in [9.17, 15) is 4.55 Å². The number of rotatable bonds is 6. The monoisotopic (exact) mass is 331 g/mol. The average molecular weight is 331 g/mol. The van der Waals surface area contributed by atoms with Crippen molar-refractivity contribution in [1.29, 1.82) is 0 Å². The molecule has 1 unspecified atom stereocenters. The molecule has 0 saturated carbocycles. The smallest absolute Gasteiger partial charge is 0.321 e. The van der Waals surface area contributed by atoms with Crippen LogP contribution < -0.4 is 5.32 Å². The van der Waals surface area contributed by atoms with Gasteiger partial charge in [0.25, 0.3) is 0 Å². The SMILES string of the molecule is CC(C)CNc1ccccc1C[S+]([O-])c1nc2c([nH]1)CCCC2. The van der Waals surface area contributed by atoms with Crippen LogP contribution in [-0.4, -0.2) is 21.1 Å². The zero-order chi connectivity index (χ0) is 16.2. The molecule has 1 heterocycles. The number of hydrogen-bond donors (Lipinski definition) is 2. The van der Waals surface area contributed by atoms with Crippen molar-refractivity contribution < 1.29 is 4.55 Å². The summed E-state index contributed by atoms with van der Waals surface area (Å²) < 4.78 is 12.7. The Morgan fingerprint density at radius 1 is 1.26 bits per heavy atom. The Balaban J connectivity index is 1.72. The molecule has 1 aliphatic carbocycles. The molecule has 0 aliphatic heterocycles. The highest BCUT2D eigenvalue weighted by molar-refractivity contribution is 7.90. The number of aromatic amines is 1. The predicted octanol–water partition coefficient (Wildman–Crippen LogP) is 3.66. The summed E-state index contributed by atoms with van der Waals surface area (Å²) >= 11 is -1.13. The summed E-state index contributed by atoms with van der Waals surface area (Å²) in [5.41, 5.74) is 4.46. The fourth-order valence-electron chi connectivity index (χ4n) is 2.88. The summed E-state index contributed by atoms with van der Waals surface area (Å²) in [6.45, 7) is 5.28. The Bertz CT molecular complexity index is 630. The van der Waals surface area contributed by atoms with Gasteiger partial charge in [-0.1, -0.05) is 32.0 Å². The van der Waals surface area contributed by atoms with E-state index >= 15 is 0 Å². The third-order valence-corrected chi connectivity index (χ3v) is 5.35. The Hall–Kier alpha value is -1.46. The number of nitrogens with one attached hydrogen (secondary N) is 2. The topological polar surface area (TPSA) is 63.8 Å². The zero-order valence-corrected chi connectivity index (χ0v) is 14.7. The Kier molecular flexibility index (Phi) is 5.28. The van der Waals surface area contributed by atoms with Gasteiger partial charge in [-0.15, -0.1) is 0 Å². The van der Waals surface area contributed by atoms with Crippen molar-refractivity contribution in [2.24, 2.45) is 5.92 Å². The molecule has 1 atom stereocenters. The first-order valence-corrected chi connectivity index (χ1v) is 9.73. The van der Waals surface area contributed by atoms with Crippen LogP contribution in [0.5, 0.6) is 0 Å². The summed E-state index contributed by atoms with van der Waals surface area (Å²) in [6, 6.07) is 8.12. The second-order valence-electron chi connectivity index (χ2n) is 6.60. The minimum Gasteiger partial charge on any atom is -0.609 e. The van der Waals surface area contributed by atoms with Crippen molar-refractivity contribution in [3.05, 3.63) is 41.2 Å². The molecule has 4 nitrogen and oxygen atoms in total. The van der Waals surface area contributed by atoms with Crippen LogP contribution in [0.2, 0.25) is 0 Å². The van der Waals surface area contributed by atoms with E-state index in [-0.39, 0.29) is 0 Å². The van der Waals surface area contributed by atoms with Crippen LogP contribution in [0.4, 0.5) is 5.69 Å². The molecule has 1 aromatic heterocycles. The number of benzene rings is 1. The van der Waals surface area contributed by atoms with E-state index in [0.29, 0.717) is 16.8 Å². The van der Waals surface area contributed by atoms with Gasteiger partial charge >= 0.3 is 5.16 Å². The third kappa shape index (κ3) is 4.09. The molecule has 5 heteroatoms. The van der Waals surface area contributed by atoms with Gasteiger partial charge in [-0.2, -0.15) is 4.98 Å². The first kappa shape index (κ1) is 16.4. The lowest BCUT2D eigenvalue weighted by atomic mass is 10.0. The van der Waals surface area contributed by atoms with Gasteiger partial charge in [-0.3, -0.25) is 0 Å². The lowest BCUT2D eigenvalue weighted by Gasteiger charge is -2.14. The second-order valence-corrected chi connectivity index (χ2v) is 7.96. The quantitative estimate of drug-likeness (QED) is 0.794. The maximum Gasteiger partial charge on any atom is 0.321 e. The lowest BCUT2D eigenvalue weighted by molar-refractivity contribution is 0.586. The van der Waals surface area contributed by atoms with E-state index in [0.717, 1.165) is 36.3 Å². The van der Waals surface area contributed by atoms with E-state index in [1.165, 1.54) is 18.5 Å². The highest BCUT2D eigenvalue weighted by Gasteiger charge is 2.22. The van der Waals surface area contributed by atoms with Crippen LogP contribution in [0, 0.1) is 5.92 Å². The molecule has 1 aliphatic rings. The fourth-order valence-corrected chi connectivity index (χ4v) is 4.00. The number of para-hydroxylation sites is 1. The molecular weight excluding hydrogens is 306 g/mol. The number of fused-ring (bicyclic) bond motifs is 1. The number of anilines is 1. The average Bonchev–Trinajstić information content (AvgIpc) is 2.98. The fraction of sp³-hybridized carbons (Fsp3) is 0.500. The van der Waals surface area contributed by atoms with Crippen molar-refractivity contribution >= 4 is 16.9 Å².